The number of nitrogens with one attached hydrogen (secondary N) is 1. The quantitative estimate of drug-likeness (QED) is 0.643. The summed E-state index contributed by atoms with van der Waals surface area (Å²) in [4.78, 5) is 35.1. The minimum Gasteiger partial charge on any atom is -0.481 e. The van der Waals surface area contributed by atoms with Crippen LogP contribution in [0.1, 0.15) is 16.9 Å². The van der Waals surface area contributed by atoms with E-state index in [2.05, 4.69) is 10.2 Å². The lowest BCUT2D eigenvalue weighted by molar-refractivity contribution is -0.384. The van der Waals surface area contributed by atoms with Gasteiger partial charge in [-0.1, -0.05) is 0 Å². The molecular formula is C13H12N4O5. The molecule has 0 radical (unpaired) electrons. The molecule has 3 rings (SSSR count). The van der Waals surface area contributed by atoms with E-state index in [1.165, 1.54) is 23.1 Å². The zero-order valence-electron chi connectivity index (χ0n) is 11.4. The van der Waals surface area contributed by atoms with Gasteiger partial charge in [-0.05, 0) is 12.5 Å². The van der Waals surface area contributed by atoms with Gasteiger partial charge in [0.25, 0.3) is 11.6 Å². The van der Waals surface area contributed by atoms with Gasteiger partial charge in [-0.15, -0.1) is 0 Å². The van der Waals surface area contributed by atoms with Crippen molar-refractivity contribution in [2.75, 3.05) is 13.1 Å². The van der Waals surface area contributed by atoms with Crippen LogP contribution in [0.3, 0.4) is 0 Å². The fourth-order valence-corrected chi connectivity index (χ4v) is 2.57. The molecule has 2 heterocycles. The van der Waals surface area contributed by atoms with Crippen LogP contribution in [0.4, 0.5) is 5.69 Å². The number of non-ortho nitro benzene ring substituents is 1. The summed E-state index contributed by atoms with van der Waals surface area (Å²) in [5.74, 6) is -1.93. The highest BCUT2D eigenvalue weighted by atomic mass is 16.6. The van der Waals surface area contributed by atoms with E-state index < -0.39 is 22.7 Å². The van der Waals surface area contributed by atoms with Crippen LogP contribution < -0.4 is 0 Å². The van der Waals surface area contributed by atoms with E-state index in [1.54, 1.807) is 0 Å². The number of carbonyl (C=O) groups excluding carboxylic acids is 1. The number of aromatic amines is 1. The standard InChI is InChI=1S/C13H12N4O5/c18-12(16-4-3-7(6-16)13(19)20)11-9-5-8(17(21)22)1-2-10(9)14-15-11/h1-2,5,7H,3-4,6H2,(H,14,15)(H,19,20). The first-order chi connectivity index (χ1) is 10.5. The Morgan fingerprint density at radius 1 is 1.45 bits per heavy atom. The second-order valence-electron chi connectivity index (χ2n) is 5.13. The fourth-order valence-electron chi connectivity index (χ4n) is 2.57. The van der Waals surface area contributed by atoms with Gasteiger partial charge in [0.2, 0.25) is 0 Å². The first-order valence-corrected chi connectivity index (χ1v) is 6.62. The highest BCUT2D eigenvalue weighted by molar-refractivity contribution is 6.05. The van der Waals surface area contributed by atoms with E-state index >= 15 is 0 Å². The number of likely N-dealkylation sites (tertiary alicyclic amines) is 1. The molecule has 9 heteroatoms. The molecule has 1 aliphatic heterocycles. The van der Waals surface area contributed by atoms with Gasteiger partial charge in [0, 0.05) is 30.6 Å². The highest BCUT2D eigenvalue weighted by Crippen LogP contribution is 2.25. The van der Waals surface area contributed by atoms with Crippen molar-refractivity contribution in [3.63, 3.8) is 0 Å². The van der Waals surface area contributed by atoms with Crippen LogP contribution in [0.25, 0.3) is 10.9 Å². The Kier molecular flexibility index (Phi) is 3.24. The van der Waals surface area contributed by atoms with Crippen molar-refractivity contribution < 1.29 is 19.6 Å². The topological polar surface area (TPSA) is 129 Å². The van der Waals surface area contributed by atoms with Crippen LogP contribution >= 0.6 is 0 Å². The Morgan fingerprint density at radius 3 is 2.86 bits per heavy atom. The molecule has 0 aliphatic carbocycles. The van der Waals surface area contributed by atoms with Crippen LogP contribution in [0, 0.1) is 16.0 Å². The minimum absolute atomic E-state index is 0.0738. The van der Waals surface area contributed by atoms with Crippen LogP contribution in [-0.2, 0) is 4.79 Å². The number of rotatable bonds is 3. The summed E-state index contributed by atoms with van der Waals surface area (Å²) in [5.41, 5.74) is 0.459. The number of carboxylic acid groups (broad SMARTS) is 1. The third kappa shape index (κ3) is 2.26. The molecule has 0 bridgehead atoms. The number of benzene rings is 1. The summed E-state index contributed by atoms with van der Waals surface area (Å²) < 4.78 is 0. The Hall–Kier alpha value is -2.97. The lowest BCUT2D eigenvalue weighted by atomic mass is 10.1. The molecule has 114 valence electrons. The number of hydrogen-bond donors (Lipinski definition) is 2. The molecule has 2 N–H and O–H groups in total. The van der Waals surface area contributed by atoms with Crippen molar-refractivity contribution in [1.82, 2.24) is 15.1 Å². The van der Waals surface area contributed by atoms with E-state index in [1.807, 2.05) is 0 Å². The van der Waals surface area contributed by atoms with Crippen LogP contribution in [0.5, 0.6) is 0 Å². The van der Waals surface area contributed by atoms with Crippen molar-refractivity contribution in [3.05, 3.63) is 34.0 Å². The second-order valence-corrected chi connectivity index (χ2v) is 5.13. The Morgan fingerprint density at radius 2 is 2.23 bits per heavy atom. The van der Waals surface area contributed by atoms with Gasteiger partial charge < -0.3 is 10.0 Å². The average Bonchev–Trinajstić information content (AvgIpc) is 3.13. The molecule has 1 aromatic carbocycles. The number of nitro groups is 1. The number of aromatic nitrogens is 2. The summed E-state index contributed by atoms with van der Waals surface area (Å²) in [6.45, 7) is 0.455. The Balaban J connectivity index is 1.93. The van der Waals surface area contributed by atoms with E-state index in [9.17, 15) is 19.7 Å². The van der Waals surface area contributed by atoms with Crippen molar-refractivity contribution >= 4 is 28.5 Å². The smallest absolute Gasteiger partial charge is 0.308 e. The van der Waals surface area contributed by atoms with E-state index in [0.29, 0.717) is 23.9 Å². The predicted molar refractivity (Wildman–Crippen MR) is 74.4 cm³/mol. The monoisotopic (exact) mass is 304 g/mol. The van der Waals surface area contributed by atoms with Gasteiger partial charge in [0.15, 0.2) is 5.69 Å². The maximum atomic E-state index is 12.5. The lowest BCUT2D eigenvalue weighted by Crippen LogP contribution is -2.30. The third-order valence-corrected chi connectivity index (χ3v) is 3.78. The molecule has 0 spiro atoms. The number of carboxylic acids is 1. The summed E-state index contributed by atoms with van der Waals surface area (Å²) in [5, 5.41) is 26.8. The maximum absolute atomic E-state index is 12.5. The van der Waals surface area contributed by atoms with Gasteiger partial charge in [0.05, 0.1) is 16.4 Å². The molecule has 1 saturated heterocycles. The molecule has 22 heavy (non-hydrogen) atoms. The molecular weight excluding hydrogens is 292 g/mol. The number of H-pyrrole nitrogens is 1. The Labute approximate surface area is 123 Å². The van der Waals surface area contributed by atoms with Gasteiger partial charge in [-0.25, -0.2) is 0 Å². The lowest BCUT2D eigenvalue weighted by Gasteiger charge is -2.14. The van der Waals surface area contributed by atoms with E-state index in [4.69, 9.17) is 5.11 Å². The zero-order valence-corrected chi connectivity index (χ0v) is 11.4. The number of aliphatic carboxylic acids is 1. The molecule has 1 atom stereocenters. The molecule has 1 amide bonds. The Bertz CT molecular complexity index is 784. The van der Waals surface area contributed by atoms with E-state index in [-0.39, 0.29) is 17.9 Å². The van der Waals surface area contributed by atoms with Crippen molar-refractivity contribution in [2.45, 2.75) is 6.42 Å². The predicted octanol–water partition coefficient (Wildman–Crippen LogP) is 1.02. The summed E-state index contributed by atoms with van der Waals surface area (Å²) in [6, 6.07) is 4.10. The van der Waals surface area contributed by atoms with Gasteiger partial charge >= 0.3 is 5.97 Å². The van der Waals surface area contributed by atoms with Crippen molar-refractivity contribution in [2.24, 2.45) is 5.92 Å². The second kappa shape index (κ2) is 5.10. The number of nitrogens with zero attached hydrogens (tertiary/aromatic N) is 3. The number of carbonyl (C=O) groups is 2. The molecule has 2 aromatic rings. The third-order valence-electron chi connectivity index (χ3n) is 3.78. The summed E-state index contributed by atoms with van der Waals surface area (Å²) >= 11 is 0. The highest BCUT2D eigenvalue weighted by Gasteiger charge is 2.33. The van der Waals surface area contributed by atoms with Gasteiger partial charge in [-0.3, -0.25) is 24.8 Å². The van der Waals surface area contributed by atoms with Crippen LogP contribution in [0.15, 0.2) is 18.2 Å². The largest absolute Gasteiger partial charge is 0.481 e. The fraction of sp³-hybridized carbons (Fsp3) is 0.308. The normalized spacial score (nSPS) is 17.8. The maximum Gasteiger partial charge on any atom is 0.308 e. The van der Waals surface area contributed by atoms with E-state index in [0.717, 1.165) is 0 Å². The zero-order chi connectivity index (χ0) is 15.9. The van der Waals surface area contributed by atoms with Crippen LogP contribution in [0.2, 0.25) is 0 Å². The number of hydrogen-bond acceptors (Lipinski definition) is 5. The first-order valence-electron chi connectivity index (χ1n) is 6.62. The number of amides is 1. The molecule has 1 fully saturated rings. The number of fused-ring (bicyclic) bond motifs is 1. The van der Waals surface area contributed by atoms with Gasteiger partial charge in [-0.2, -0.15) is 5.10 Å². The average molecular weight is 304 g/mol. The summed E-state index contributed by atoms with van der Waals surface area (Å²) in [7, 11) is 0. The number of nitro benzene ring substituents is 1. The molecule has 1 unspecified atom stereocenters. The van der Waals surface area contributed by atoms with Crippen molar-refractivity contribution in [3.8, 4) is 0 Å². The van der Waals surface area contributed by atoms with Crippen LogP contribution in [-0.4, -0.2) is 50.1 Å². The van der Waals surface area contributed by atoms with Gasteiger partial charge in [0.1, 0.15) is 0 Å². The molecule has 9 nitrogen and oxygen atoms in total. The molecule has 0 saturated carbocycles. The first kappa shape index (κ1) is 14.0. The van der Waals surface area contributed by atoms with Crippen molar-refractivity contribution in [1.29, 1.82) is 0 Å². The molecule has 1 aliphatic rings. The summed E-state index contributed by atoms with van der Waals surface area (Å²) in [6.07, 6.45) is 0.392. The minimum atomic E-state index is -0.933. The SMILES string of the molecule is O=C(O)C1CCN(C(=O)c2n[nH]c3ccc([N+](=O)[O-])cc23)C1. The molecule has 1 aromatic heterocycles.